The largest absolute Gasteiger partial charge is 0.472 e. The van der Waals surface area contributed by atoms with Gasteiger partial charge in [0.1, 0.15) is 19.8 Å². The van der Waals surface area contributed by atoms with Gasteiger partial charge in [-0.25, -0.2) is 4.57 Å². The fourth-order valence-electron chi connectivity index (χ4n) is 6.90. The molecule has 0 bridgehead atoms. The number of phosphoric acid groups is 1. The zero-order chi connectivity index (χ0) is 41.4. The van der Waals surface area contributed by atoms with Gasteiger partial charge in [0.05, 0.1) is 27.7 Å². The van der Waals surface area contributed by atoms with Crippen molar-refractivity contribution < 1.29 is 42.1 Å². The molecule has 10 heteroatoms. The molecule has 0 aliphatic rings. The van der Waals surface area contributed by atoms with Crippen LogP contribution in [-0.4, -0.2) is 74.9 Å². The molecule has 0 spiro atoms. The van der Waals surface area contributed by atoms with Crippen LogP contribution in [-0.2, 0) is 32.7 Å². The Morgan fingerprint density at radius 2 is 0.804 bits per heavy atom. The maximum Gasteiger partial charge on any atom is 0.472 e. The number of nitrogens with zero attached hydrogens (tertiary/aromatic N) is 1. The highest BCUT2D eigenvalue weighted by molar-refractivity contribution is 7.47. The normalized spacial score (nSPS) is 13.5. The Morgan fingerprint density at radius 1 is 0.482 bits per heavy atom. The van der Waals surface area contributed by atoms with Gasteiger partial charge in [-0.05, 0) is 12.8 Å². The van der Waals surface area contributed by atoms with Crippen LogP contribution in [0.1, 0.15) is 232 Å². The van der Waals surface area contributed by atoms with Gasteiger partial charge in [-0.3, -0.25) is 18.6 Å². The maximum atomic E-state index is 12.7. The number of esters is 2. The minimum absolute atomic E-state index is 0.0369. The minimum Gasteiger partial charge on any atom is -0.462 e. The van der Waals surface area contributed by atoms with Gasteiger partial charge < -0.3 is 18.9 Å². The van der Waals surface area contributed by atoms with E-state index in [1.165, 1.54) is 167 Å². The van der Waals surface area contributed by atoms with E-state index in [2.05, 4.69) is 13.8 Å². The topological polar surface area (TPSA) is 108 Å². The number of ether oxygens (including phenoxy) is 2. The lowest BCUT2D eigenvalue weighted by molar-refractivity contribution is -0.870. The summed E-state index contributed by atoms with van der Waals surface area (Å²) in [5.41, 5.74) is 0. The van der Waals surface area contributed by atoms with Gasteiger partial charge in [0.25, 0.3) is 0 Å². The molecule has 0 aromatic rings. The van der Waals surface area contributed by atoms with Crippen molar-refractivity contribution in [1.29, 1.82) is 0 Å². The summed E-state index contributed by atoms with van der Waals surface area (Å²) in [5.74, 6) is -0.781. The molecule has 0 saturated carbocycles. The second-order valence-corrected chi connectivity index (χ2v) is 19.0. The summed E-state index contributed by atoms with van der Waals surface area (Å²) in [6, 6.07) is 0. The maximum absolute atomic E-state index is 12.7. The quantitative estimate of drug-likeness (QED) is 0.0280. The second kappa shape index (κ2) is 39.5. The SMILES string of the molecule is CCCCCCCCCCCCCCCCCCCCC(=O)OC[C@@H](COP(=O)(O)OCC[N+](C)(C)C)OC(=O)CCCCCCCCCCCCCCCC. The van der Waals surface area contributed by atoms with Crippen LogP contribution in [0.2, 0.25) is 0 Å². The first kappa shape index (κ1) is 55.0. The molecule has 0 aliphatic carbocycles. The Labute approximate surface area is 346 Å². The van der Waals surface area contributed by atoms with Gasteiger partial charge in [0, 0.05) is 12.8 Å². The number of carbonyl (C=O) groups excluding carboxylic acids is 2. The van der Waals surface area contributed by atoms with Crippen LogP contribution in [0, 0.1) is 0 Å². The van der Waals surface area contributed by atoms with Crippen molar-refractivity contribution in [3.63, 3.8) is 0 Å². The van der Waals surface area contributed by atoms with Crippen LogP contribution in [0.15, 0.2) is 0 Å². The third-order valence-corrected chi connectivity index (χ3v) is 11.6. The highest BCUT2D eigenvalue weighted by Crippen LogP contribution is 2.43. The van der Waals surface area contributed by atoms with E-state index in [1.807, 2.05) is 21.1 Å². The summed E-state index contributed by atoms with van der Waals surface area (Å²) in [5, 5.41) is 0. The van der Waals surface area contributed by atoms with Crippen molar-refractivity contribution in [3.05, 3.63) is 0 Å². The standard InChI is InChI=1S/C46H92NO8P/c1-6-8-10-12-14-16-18-20-22-23-24-25-27-28-30-32-34-36-38-45(48)52-42-44(43-54-56(50,51)53-41-40-47(3,4)5)55-46(49)39-37-35-33-31-29-26-21-19-17-15-13-11-9-7-2/h44H,6-43H2,1-5H3/p+1/t44-/m0/s1. The van der Waals surface area contributed by atoms with Crippen molar-refractivity contribution >= 4 is 19.8 Å². The fraction of sp³-hybridized carbons (Fsp3) is 0.957. The predicted molar refractivity (Wildman–Crippen MR) is 234 cm³/mol. The number of phosphoric ester groups is 1. The molecule has 0 aromatic carbocycles. The lowest BCUT2D eigenvalue weighted by atomic mass is 10.0. The molecule has 2 atom stereocenters. The lowest BCUT2D eigenvalue weighted by Gasteiger charge is -2.24. The van der Waals surface area contributed by atoms with Crippen molar-refractivity contribution in [2.24, 2.45) is 0 Å². The van der Waals surface area contributed by atoms with Crippen LogP contribution < -0.4 is 0 Å². The Hall–Kier alpha value is -0.990. The number of hydrogen-bond donors (Lipinski definition) is 1. The third kappa shape index (κ3) is 42.6. The number of carbonyl (C=O) groups is 2. The molecule has 0 aliphatic heterocycles. The summed E-state index contributed by atoms with van der Waals surface area (Å²) in [7, 11) is 1.49. The van der Waals surface area contributed by atoms with Crippen molar-refractivity contribution in [3.8, 4) is 0 Å². The first-order valence-corrected chi connectivity index (χ1v) is 25.3. The molecule has 0 saturated heterocycles. The van der Waals surface area contributed by atoms with E-state index in [1.54, 1.807) is 0 Å². The number of rotatable bonds is 44. The fourth-order valence-corrected chi connectivity index (χ4v) is 7.64. The minimum atomic E-state index is -4.37. The molecular weight excluding hydrogens is 725 g/mol. The third-order valence-electron chi connectivity index (χ3n) is 10.6. The Bertz CT molecular complexity index is 927. The van der Waals surface area contributed by atoms with Crippen molar-refractivity contribution in [1.82, 2.24) is 0 Å². The van der Waals surface area contributed by atoms with E-state index >= 15 is 0 Å². The van der Waals surface area contributed by atoms with Gasteiger partial charge in [0.2, 0.25) is 0 Å². The Morgan fingerprint density at radius 3 is 1.14 bits per heavy atom. The molecule has 0 heterocycles. The summed E-state index contributed by atoms with van der Waals surface area (Å²) < 4.78 is 34.4. The molecule has 1 unspecified atom stereocenters. The zero-order valence-corrected chi connectivity index (χ0v) is 38.5. The molecular formula is C46H93NO8P+. The molecule has 9 nitrogen and oxygen atoms in total. The van der Waals surface area contributed by atoms with Crippen LogP contribution in [0.5, 0.6) is 0 Å². The number of likely N-dealkylation sites (N-methyl/N-ethyl adjacent to an activating group) is 1. The van der Waals surface area contributed by atoms with Gasteiger partial charge in [-0.2, -0.15) is 0 Å². The summed E-state index contributed by atoms with van der Waals surface area (Å²) in [6.07, 6.45) is 40.0. The van der Waals surface area contributed by atoms with E-state index in [-0.39, 0.29) is 25.6 Å². The van der Waals surface area contributed by atoms with Gasteiger partial charge in [-0.15, -0.1) is 0 Å². The summed E-state index contributed by atoms with van der Waals surface area (Å²) in [4.78, 5) is 35.4. The van der Waals surface area contributed by atoms with Crippen LogP contribution in [0.3, 0.4) is 0 Å². The van der Waals surface area contributed by atoms with Crippen molar-refractivity contribution in [2.75, 3.05) is 47.5 Å². The van der Waals surface area contributed by atoms with Crippen LogP contribution in [0.4, 0.5) is 0 Å². The molecule has 0 aromatic heterocycles. The lowest BCUT2D eigenvalue weighted by Crippen LogP contribution is -2.37. The first-order valence-electron chi connectivity index (χ1n) is 23.8. The van der Waals surface area contributed by atoms with Crippen LogP contribution >= 0.6 is 7.82 Å². The molecule has 334 valence electrons. The molecule has 1 N–H and O–H groups in total. The van der Waals surface area contributed by atoms with E-state index in [4.69, 9.17) is 18.5 Å². The Balaban J connectivity index is 4.24. The zero-order valence-electron chi connectivity index (χ0n) is 37.6. The smallest absolute Gasteiger partial charge is 0.462 e. The number of hydrogen-bond acceptors (Lipinski definition) is 7. The molecule has 0 radical (unpaired) electrons. The van der Waals surface area contributed by atoms with Gasteiger partial charge in [0.15, 0.2) is 6.10 Å². The second-order valence-electron chi connectivity index (χ2n) is 17.5. The molecule has 0 rings (SSSR count). The monoisotopic (exact) mass is 819 g/mol. The highest BCUT2D eigenvalue weighted by Gasteiger charge is 2.27. The molecule has 56 heavy (non-hydrogen) atoms. The average Bonchev–Trinajstić information content (AvgIpc) is 3.15. The Kier molecular flexibility index (Phi) is 38.8. The van der Waals surface area contributed by atoms with Crippen molar-refractivity contribution in [2.45, 2.75) is 238 Å². The van der Waals surface area contributed by atoms with E-state index < -0.39 is 26.5 Å². The van der Waals surface area contributed by atoms with Gasteiger partial charge in [-0.1, -0.05) is 206 Å². The van der Waals surface area contributed by atoms with E-state index in [9.17, 15) is 19.0 Å². The number of unbranched alkanes of at least 4 members (excludes halogenated alkanes) is 30. The predicted octanol–water partition coefficient (Wildman–Crippen LogP) is 13.6. The van der Waals surface area contributed by atoms with E-state index in [0.29, 0.717) is 17.4 Å². The first-order chi connectivity index (χ1) is 27.0. The molecule has 0 fully saturated rings. The average molecular weight is 819 g/mol. The van der Waals surface area contributed by atoms with Gasteiger partial charge >= 0.3 is 19.8 Å². The highest BCUT2D eigenvalue weighted by atomic mass is 31.2. The summed E-state index contributed by atoms with van der Waals surface area (Å²) in [6.45, 7) is 4.47. The van der Waals surface area contributed by atoms with Crippen LogP contribution in [0.25, 0.3) is 0 Å². The summed E-state index contributed by atoms with van der Waals surface area (Å²) >= 11 is 0. The number of quaternary nitrogens is 1. The van der Waals surface area contributed by atoms with E-state index in [0.717, 1.165) is 38.5 Å². The molecule has 0 amide bonds.